The molecule has 0 unspecified atom stereocenters. The Labute approximate surface area is 136 Å². The summed E-state index contributed by atoms with van der Waals surface area (Å²) in [6, 6.07) is 6.92. The fourth-order valence-electron chi connectivity index (χ4n) is 1.46. The Balaban J connectivity index is 2.36. The molecule has 0 saturated carbocycles. The van der Waals surface area contributed by atoms with Crippen molar-refractivity contribution in [1.82, 2.24) is 9.97 Å². The maximum Gasteiger partial charge on any atom is 0.224 e. The van der Waals surface area contributed by atoms with Crippen LogP contribution < -0.4 is 4.74 Å². The van der Waals surface area contributed by atoms with Crippen LogP contribution in [0.1, 0.15) is 26.6 Å². The van der Waals surface area contributed by atoms with E-state index < -0.39 is 0 Å². The average Bonchev–Trinajstić information content (AvgIpc) is 2.31. The molecule has 0 aliphatic carbocycles. The summed E-state index contributed by atoms with van der Waals surface area (Å²) in [5.41, 5.74) is -0.216. The maximum absolute atomic E-state index is 6.12. The number of rotatable bonds is 2. The van der Waals surface area contributed by atoms with E-state index in [4.69, 9.17) is 27.9 Å². The van der Waals surface area contributed by atoms with Crippen LogP contribution in [0.2, 0.25) is 10.2 Å². The quantitative estimate of drug-likeness (QED) is 0.637. The van der Waals surface area contributed by atoms with E-state index >= 15 is 0 Å². The molecule has 2 aromatic rings. The van der Waals surface area contributed by atoms with E-state index in [2.05, 4.69) is 25.9 Å². The molecule has 0 aliphatic rings. The third-order valence-electron chi connectivity index (χ3n) is 2.45. The van der Waals surface area contributed by atoms with Crippen molar-refractivity contribution >= 4 is 39.1 Å². The Morgan fingerprint density at radius 3 is 2.40 bits per heavy atom. The lowest BCUT2D eigenvalue weighted by Crippen LogP contribution is -2.16. The summed E-state index contributed by atoms with van der Waals surface area (Å²) in [4.78, 5) is 8.59. The zero-order valence-corrected chi connectivity index (χ0v) is 14.3. The van der Waals surface area contributed by atoms with E-state index in [0.717, 1.165) is 4.47 Å². The van der Waals surface area contributed by atoms with Crippen LogP contribution in [-0.2, 0) is 5.41 Å². The molecule has 0 aliphatic heterocycles. The molecule has 0 fully saturated rings. The number of hydrogen-bond acceptors (Lipinski definition) is 3. The molecule has 3 nitrogen and oxygen atoms in total. The van der Waals surface area contributed by atoms with E-state index in [9.17, 15) is 0 Å². The smallest absolute Gasteiger partial charge is 0.224 e. The van der Waals surface area contributed by atoms with Gasteiger partial charge in [-0.05, 0) is 18.2 Å². The van der Waals surface area contributed by atoms with Crippen molar-refractivity contribution in [3.63, 3.8) is 0 Å². The van der Waals surface area contributed by atoms with Crippen molar-refractivity contribution in [2.75, 3.05) is 0 Å². The molecule has 0 bridgehead atoms. The van der Waals surface area contributed by atoms with Gasteiger partial charge in [0.25, 0.3) is 0 Å². The van der Waals surface area contributed by atoms with Gasteiger partial charge in [0, 0.05) is 16.0 Å². The second-order valence-corrected chi connectivity index (χ2v) is 6.99. The monoisotopic (exact) mass is 374 g/mol. The second kappa shape index (κ2) is 5.88. The van der Waals surface area contributed by atoms with Crippen LogP contribution in [-0.4, -0.2) is 9.97 Å². The van der Waals surface area contributed by atoms with Gasteiger partial charge in [-0.1, -0.05) is 59.9 Å². The average molecular weight is 376 g/mol. The standard InChI is InChI=1S/C14H13BrCl2N2O/c1-14(2,3)13-18-11(17)7-12(19-13)20-10-5-4-8(15)6-9(10)16/h4-7H,1-3H3. The van der Waals surface area contributed by atoms with Gasteiger partial charge in [0.1, 0.15) is 16.7 Å². The van der Waals surface area contributed by atoms with Crippen molar-refractivity contribution < 1.29 is 4.74 Å². The minimum Gasteiger partial charge on any atom is -0.437 e. The minimum atomic E-state index is -0.216. The number of halogens is 3. The second-order valence-electron chi connectivity index (χ2n) is 5.28. The van der Waals surface area contributed by atoms with Crippen molar-refractivity contribution in [2.24, 2.45) is 0 Å². The summed E-state index contributed by atoms with van der Waals surface area (Å²) in [6.07, 6.45) is 0. The predicted molar refractivity (Wildman–Crippen MR) is 85.0 cm³/mol. The van der Waals surface area contributed by atoms with Crippen LogP contribution in [0.5, 0.6) is 11.6 Å². The Morgan fingerprint density at radius 2 is 1.80 bits per heavy atom. The molecule has 20 heavy (non-hydrogen) atoms. The highest BCUT2D eigenvalue weighted by atomic mass is 79.9. The lowest BCUT2D eigenvalue weighted by Gasteiger charge is -2.17. The molecule has 106 valence electrons. The molecule has 0 saturated heterocycles. The first-order valence-electron chi connectivity index (χ1n) is 5.94. The van der Waals surface area contributed by atoms with Crippen LogP contribution in [0.15, 0.2) is 28.7 Å². The van der Waals surface area contributed by atoms with Crippen molar-refractivity contribution in [3.8, 4) is 11.6 Å². The van der Waals surface area contributed by atoms with Crippen LogP contribution in [0.4, 0.5) is 0 Å². The molecule has 1 aromatic carbocycles. The Bertz CT molecular complexity index is 642. The zero-order chi connectivity index (χ0) is 14.9. The van der Waals surface area contributed by atoms with Gasteiger partial charge in [-0.2, -0.15) is 4.98 Å². The van der Waals surface area contributed by atoms with Gasteiger partial charge in [-0.15, -0.1) is 0 Å². The van der Waals surface area contributed by atoms with Crippen molar-refractivity contribution in [3.05, 3.63) is 44.7 Å². The van der Waals surface area contributed by atoms with Crippen molar-refractivity contribution in [1.29, 1.82) is 0 Å². The third-order valence-corrected chi connectivity index (χ3v) is 3.43. The molecule has 0 N–H and O–H groups in total. The van der Waals surface area contributed by atoms with Gasteiger partial charge in [0.05, 0.1) is 5.02 Å². The number of ether oxygens (including phenoxy) is 1. The largest absolute Gasteiger partial charge is 0.437 e. The maximum atomic E-state index is 6.12. The number of hydrogen-bond donors (Lipinski definition) is 0. The van der Waals surface area contributed by atoms with Crippen molar-refractivity contribution in [2.45, 2.75) is 26.2 Å². The molecule has 1 aromatic heterocycles. The van der Waals surface area contributed by atoms with Gasteiger partial charge >= 0.3 is 0 Å². The summed E-state index contributed by atoms with van der Waals surface area (Å²) in [5.74, 6) is 1.51. The molecule has 1 heterocycles. The molecular formula is C14H13BrCl2N2O. The fraction of sp³-hybridized carbons (Fsp3) is 0.286. The summed E-state index contributed by atoms with van der Waals surface area (Å²) in [6.45, 7) is 6.03. The Hall–Kier alpha value is -0.840. The van der Waals surface area contributed by atoms with Crippen LogP contribution in [0, 0.1) is 0 Å². The summed E-state index contributed by atoms with van der Waals surface area (Å²) in [5, 5.41) is 0.833. The highest BCUT2D eigenvalue weighted by Crippen LogP contribution is 2.32. The molecule has 0 radical (unpaired) electrons. The first kappa shape index (κ1) is 15.5. The molecule has 6 heteroatoms. The third kappa shape index (κ3) is 3.84. The molecule has 0 amide bonds. The Kier molecular flexibility index (Phi) is 4.57. The van der Waals surface area contributed by atoms with E-state index in [0.29, 0.717) is 27.6 Å². The predicted octanol–water partition coefficient (Wildman–Crippen LogP) is 5.64. The summed E-state index contributed by atoms with van der Waals surface area (Å²) < 4.78 is 6.57. The molecule has 0 spiro atoms. The lowest BCUT2D eigenvalue weighted by atomic mass is 9.96. The number of nitrogens with zero attached hydrogens (tertiary/aromatic N) is 2. The lowest BCUT2D eigenvalue weighted by molar-refractivity contribution is 0.446. The van der Waals surface area contributed by atoms with Crippen LogP contribution >= 0.6 is 39.1 Å². The minimum absolute atomic E-state index is 0.216. The zero-order valence-electron chi connectivity index (χ0n) is 11.2. The molecular weight excluding hydrogens is 363 g/mol. The topological polar surface area (TPSA) is 35.0 Å². The fourth-order valence-corrected chi connectivity index (χ4v) is 2.34. The Morgan fingerprint density at radius 1 is 1.10 bits per heavy atom. The van der Waals surface area contributed by atoms with E-state index in [-0.39, 0.29) is 5.41 Å². The first-order valence-corrected chi connectivity index (χ1v) is 7.48. The van der Waals surface area contributed by atoms with E-state index in [1.54, 1.807) is 18.2 Å². The van der Waals surface area contributed by atoms with Gasteiger partial charge in [0.2, 0.25) is 5.88 Å². The van der Waals surface area contributed by atoms with Crippen LogP contribution in [0.25, 0.3) is 0 Å². The van der Waals surface area contributed by atoms with Gasteiger partial charge in [0.15, 0.2) is 0 Å². The van der Waals surface area contributed by atoms with Gasteiger partial charge in [-0.3, -0.25) is 0 Å². The number of aromatic nitrogens is 2. The first-order chi connectivity index (χ1) is 9.25. The van der Waals surface area contributed by atoms with E-state index in [1.165, 1.54) is 0 Å². The van der Waals surface area contributed by atoms with E-state index in [1.807, 2.05) is 26.8 Å². The summed E-state index contributed by atoms with van der Waals surface area (Å²) >= 11 is 15.5. The molecule has 0 atom stereocenters. The van der Waals surface area contributed by atoms with Crippen LogP contribution in [0.3, 0.4) is 0 Å². The van der Waals surface area contributed by atoms with Gasteiger partial charge in [-0.25, -0.2) is 4.98 Å². The van der Waals surface area contributed by atoms with Gasteiger partial charge < -0.3 is 4.74 Å². The SMILES string of the molecule is CC(C)(C)c1nc(Cl)cc(Oc2ccc(Br)cc2Cl)n1. The highest BCUT2D eigenvalue weighted by Gasteiger charge is 2.19. The highest BCUT2D eigenvalue weighted by molar-refractivity contribution is 9.10. The normalized spacial score (nSPS) is 11.5. The summed E-state index contributed by atoms with van der Waals surface area (Å²) in [7, 11) is 0. The number of benzene rings is 1. The molecule has 2 rings (SSSR count).